The average molecular weight is 273 g/mol. The van der Waals surface area contributed by atoms with Gasteiger partial charge in [0.2, 0.25) is 0 Å². The van der Waals surface area contributed by atoms with Crippen molar-refractivity contribution in [1.82, 2.24) is 4.98 Å². The Bertz CT molecular complexity index is 860. The lowest BCUT2D eigenvalue weighted by molar-refractivity contribution is 1.35. The summed E-state index contributed by atoms with van der Waals surface area (Å²) in [7, 11) is 0. The van der Waals surface area contributed by atoms with Gasteiger partial charge in [0.25, 0.3) is 0 Å². The van der Waals surface area contributed by atoms with Crippen molar-refractivity contribution in [1.29, 1.82) is 5.26 Å². The Labute approximate surface area is 123 Å². The molecule has 1 aromatic heterocycles. The molecule has 0 radical (unpaired) electrons. The van der Waals surface area contributed by atoms with Crippen LogP contribution < -0.4 is 5.32 Å². The van der Waals surface area contributed by atoms with Gasteiger partial charge in [-0.05, 0) is 37.6 Å². The number of hydrogen-bond acceptors (Lipinski definition) is 3. The second kappa shape index (κ2) is 5.26. The Balaban J connectivity index is 2.22. The van der Waals surface area contributed by atoms with Crippen LogP contribution in [0.15, 0.2) is 48.7 Å². The van der Waals surface area contributed by atoms with Crippen molar-refractivity contribution in [2.24, 2.45) is 0 Å². The molecule has 3 heteroatoms. The molecule has 0 aliphatic heterocycles. The molecule has 3 aromatic rings. The van der Waals surface area contributed by atoms with E-state index in [0.29, 0.717) is 5.56 Å². The van der Waals surface area contributed by atoms with Crippen molar-refractivity contribution < 1.29 is 0 Å². The number of anilines is 2. The van der Waals surface area contributed by atoms with Gasteiger partial charge in [-0.3, -0.25) is 4.98 Å². The first kappa shape index (κ1) is 13.1. The molecule has 0 atom stereocenters. The molecule has 1 heterocycles. The molecule has 0 saturated heterocycles. The summed E-state index contributed by atoms with van der Waals surface area (Å²) in [4.78, 5) is 4.36. The van der Waals surface area contributed by atoms with Crippen LogP contribution in [0.4, 0.5) is 11.4 Å². The second-order valence-electron chi connectivity index (χ2n) is 5.12. The standard InChI is InChI=1S/C18H15N3/c1-12-7-8-17-15(9-12)18(14(10-19)11-20-17)21-16-6-4-3-5-13(16)2/h3-9,11H,1-2H3,(H,20,21). The van der Waals surface area contributed by atoms with Gasteiger partial charge in [-0.25, -0.2) is 0 Å². The molecule has 0 fully saturated rings. The lowest BCUT2D eigenvalue weighted by Gasteiger charge is -2.13. The molecule has 0 aliphatic carbocycles. The lowest BCUT2D eigenvalue weighted by atomic mass is 10.1. The van der Waals surface area contributed by atoms with E-state index in [9.17, 15) is 5.26 Å². The molecule has 2 aromatic carbocycles. The summed E-state index contributed by atoms with van der Waals surface area (Å²) in [6, 6.07) is 16.3. The van der Waals surface area contributed by atoms with Crippen LogP contribution in [0.25, 0.3) is 10.9 Å². The highest BCUT2D eigenvalue weighted by Gasteiger charge is 2.10. The van der Waals surface area contributed by atoms with Crippen LogP contribution in [0.2, 0.25) is 0 Å². The number of fused-ring (bicyclic) bond motifs is 1. The van der Waals surface area contributed by atoms with E-state index < -0.39 is 0 Å². The molecule has 21 heavy (non-hydrogen) atoms. The van der Waals surface area contributed by atoms with Crippen LogP contribution >= 0.6 is 0 Å². The van der Waals surface area contributed by atoms with Crippen molar-refractivity contribution in [3.8, 4) is 6.07 Å². The van der Waals surface area contributed by atoms with Gasteiger partial charge in [0, 0.05) is 17.3 Å². The van der Waals surface area contributed by atoms with E-state index in [4.69, 9.17) is 0 Å². The number of nitriles is 1. The number of hydrogen-bond donors (Lipinski definition) is 1. The largest absolute Gasteiger partial charge is 0.354 e. The zero-order valence-electron chi connectivity index (χ0n) is 12.0. The minimum atomic E-state index is 0.552. The van der Waals surface area contributed by atoms with Crippen molar-refractivity contribution >= 4 is 22.3 Å². The van der Waals surface area contributed by atoms with Crippen LogP contribution in [-0.4, -0.2) is 4.98 Å². The minimum absolute atomic E-state index is 0.552. The molecule has 0 bridgehead atoms. The summed E-state index contributed by atoms with van der Waals surface area (Å²) in [5.41, 5.74) is 5.54. The molecule has 3 rings (SSSR count). The zero-order chi connectivity index (χ0) is 14.8. The van der Waals surface area contributed by atoms with Crippen LogP contribution in [0, 0.1) is 25.2 Å². The third-order valence-corrected chi connectivity index (χ3v) is 3.55. The fraction of sp³-hybridized carbons (Fsp3) is 0.111. The second-order valence-corrected chi connectivity index (χ2v) is 5.12. The van der Waals surface area contributed by atoms with Gasteiger partial charge in [-0.2, -0.15) is 5.26 Å². The minimum Gasteiger partial charge on any atom is -0.354 e. The van der Waals surface area contributed by atoms with E-state index in [0.717, 1.165) is 33.4 Å². The van der Waals surface area contributed by atoms with Gasteiger partial charge in [0.15, 0.2) is 0 Å². The smallest absolute Gasteiger partial charge is 0.103 e. The Kier molecular flexibility index (Phi) is 3.29. The predicted molar refractivity (Wildman–Crippen MR) is 85.7 cm³/mol. The molecule has 3 nitrogen and oxygen atoms in total. The van der Waals surface area contributed by atoms with Crippen molar-refractivity contribution in [3.63, 3.8) is 0 Å². The molecule has 102 valence electrons. The van der Waals surface area contributed by atoms with Crippen molar-refractivity contribution in [3.05, 3.63) is 65.4 Å². The van der Waals surface area contributed by atoms with E-state index >= 15 is 0 Å². The maximum absolute atomic E-state index is 9.36. The highest BCUT2D eigenvalue weighted by molar-refractivity contribution is 5.96. The van der Waals surface area contributed by atoms with Gasteiger partial charge in [-0.1, -0.05) is 29.8 Å². The lowest BCUT2D eigenvalue weighted by Crippen LogP contribution is -1.98. The Morgan fingerprint density at radius 1 is 1.10 bits per heavy atom. The first-order valence-corrected chi connectivity index (χ1v) is 6.81. The van der Waals surface area contributed by atoms with E-state index in [2.05, 4.69) is 22.4 Å². The zero-order valence-corrected chi connectivity index (χ0v) is 12.0. The Morgan fingerprint density at radius 3 is 2.67 bits per heavy atom. The van der Waals surface area contributed by atoms with E-state index in [-0.39, 0.29) is 0 Å². The van der Waals surface area contributed by atoms with Gasteiger partial charge in [0.1, 0.15) is 6.07 Å². The van der Waals surface area contributed by atoms with Crippen molar-refractivity contribution in [2.45, 2.75) is 13.8 Å². The maximum atomic E-state index is 9.36. The molecule has 0 spiro atoms. The van der Waals surface area contributed by atoms with Gasteiger partial charge in [0.05, 0.1) is 16.8 Å². The van der Waals surface area contributed by atoms with Crippen LogP contribution in [0.1, 0.15) is 16.7 Å². The summed E-state index contributed by atoms with van der Waals surface area (Å²) in [6.07, 6.45) is 1.62. The topological polar surface area (TPSA) is 48.7 Å². The summed E-state index contributed by atoms with van der Waals surface area (Å²) in [6.45, 7) is 4.08. The SMILES string of the molecule is Cc1ccc2ncc(C#N)c(Nc3ccccc3C)c2c1. The third kappa shape index (κ3) is 2.44. The fourth-order valence-electron chi connectivity index (χ4n) is 2.37. The average Bonchev–Trinajstić information content (AvgIpc) is 2.50. The van der Waals surface area contributed by atoms with Crippen LogP contribution in [0.5, 0.6) is 0 Å². The van der Waals surface area contributed by atoms with Gasteiger partial charge < -0.3 is 5.32 Å². The maximum Gasteiger partial charge on any atom is 0.103 e. The number of benzene rings is 2. The van der Waals surface area contributed by atoms with E-state index in [1.807, 2.05) is 50.2 Å². The van der Waals surface area contributed by atoms with Crippen LogP contribution in [-0.2, 0) is 0 Å². The number of aromatic nitrogens is 1. The number of aryl methyl sites for hydroxylation is 2. The first-order valence-electron chi connectivity index (χ1n) is 6.81. The molecule has 0 amide bonds. The first-order chi connectivity index (χ1) is 10.2. The molecule has 0 saturated carbocycles. The van der Waals surface area contributed by atoms with E-state index in [1.54, 1.807) is 6.20 Å². The summed E-state index contributed by atoms with van der Waals surface area (Å²) in [5, 5.41) is 13.7. The highest BCUT2D eigenvalue weighted by Crippen LogP contribution is 2.30. The number of rotatable bonds is 2. The molecular weight excluding hydrogens is 258 g/mol. The molecule has 1 N–H and O–H groups in total. The summed E-state index contributed by atoms with van der Waals surface area (Å²) in [5.74, 6) is 0. The van der Waals surface area contributed by atoms with E-state index in [1.165, 1.54) is 0 Å². The number of nitrogens with one attached hydrogen (secondary N) is 1. The monoisotopic (exact) mass is 273 g/mol. The molecule has 0 aliphatic rings. The Hall–Kier alpha value is -2.86. The predicted octanol–water partition coefficient (Wildman–Crippen LogP) is 4.47. The highest BCUT2D eigenvalue weighted by atomic mass is 14.9. The van der Waals surface area contributed by atoms with Gasteiger partial charge in [-0.15, -0.1) is 0 Å². The normalized spacial score (nSPS) is 10.3. The number of nitrogens with zero attached hydrogens (tertiary/aromatic N) is 2. The third-order valence-electron chi connectivity index (χ3n) is 3.55. The van der Waals surface area contributed by atoms with Gasteiger partial charge >= 0.3 is 0 Å². The number of pyridine rings is 1. The fourth-order valence-corrected chi connectivity index (χ4v) is 2.37. The number of para-hydroxylation sites is 1. The molecule has 0 unspecified atom stereocenters. The summed E-state index contributed by atoms with van der Waals surface area (Å²) < 4.78 is 0. The summed E-state index contributed by atoms with van der Waals surface area (Å²) >= 11 is 0. The van der Waals surface area contributed by atoms with Crippen LogP contribution in [0.3, 0.4) is 0 Å². The molecular formula is C18H15N3. The quantitative estimate of drug-likeness (QED) is 0.749. The Morgan fingerprint density at radius 2 is 1.90 bits per heavy atom. The van der Waals surface area contributed by atoms with Crippen molar-refractivity contribution in [2.75, 3.05) is 5.32 Å².